The zero-order valence-corrected chi connectivity index (χ0v) is 19.5. The average molecular weight is 528 g/mol. The first-order chi connectivity index (χ1) is 14.0. The molecule has 1 heterocycles. The van der Waals surface area contributed by atoms with Crippen LogP contribution in [0.25, 0.3) is 10.1 Å². The summed E-state index contributed by atoms with van der Waals surface area (Å²) in [5.41, 5.74) is -0.0655. The Bertz CT molecular complexity index is 1080. The molecule has 1 aromatic heterocycles. The lowest BCUT2D eigenvalue weighted by Gasteiger charge is -2.14. The van der Waals surface area contributed by atoms with E-state index in [1.165, 1.54) is 6.92 Å². The minimum absolute atomic E-state index is 0.0145. The summed E-state index contributed by atoms with van der Waals surface area (Å²) in [6.07, 6.45) is -1.18. The highest BCUT2D eigenvalue weighted by Crippen LogP contribution is 2.47. The van der Waals surface area contributed by atoms with Gasteiger partial charge < -0.3 is 19.3 Å². The Kier molecular flexibility index (Phi) is 8.74. The maximum atomic E-state index is 15.3. The fraction of sp³-hybridized carbons (Fsp3) is 0.467. The van der Waals surface area contributed by atoms with E-state index in [0.29, 0.717) is 11.3 Å². The summed E-state index contributed by atoms with van der Waals surface area (Å²) in [5.74, 6) is -3.26. The van der Waals surface area contributed by atoms with Gasteiger partial charge in [0.05, 0.1) is 16.5 Å². The number of halogens is 4. The van der Waals surface area contributed by atoms with E-state index in [2.05, 4.69) is 0 Å². The molecule has 2 aromatic rings. The Morgan fingerprint density at radius 2 is 1.63 bits per heavy atom. The Labute approximate surface area is 185 Å². The van der Waals surface area contributed by atoms with Gasteiger partial charge in [-0.2, -0.15) is 4.72 Å². The van der Waals surface area contributed by atoms with Gasteiger partial charge in [-0.3, -0.25) is 4.57 Å². The molecule has 0 aliphatic rings. The molecule has 0 aliphatic carbocycles. The molecule has 15 heteroatoms. The third-order valence-corrected chi connectivity index (χ3v) is 7.98. The molecule has 0 spiro atoms. The first kappa shape index (κ1) is 25.5. The second-order valence-electron chi connectivity index (χ2n) is 5.76. The second kappa shape index (κ2) is 10.3. The molecule has 2 rings (SSSR count). The highest BCUT2D eigenvalue weighted by molar-refractivity contribution is 7.92. The number of alkyl halides is 2. The third-order valence-electron chi connectivity index (χ3n) is 3.70. The first-order valence-corrected chi connectivity index (χ1v) is 13.5. The molecular weight excluding hydrogens is 510 g/mol. The SMILES string of the molecule is CCc1c(S(=O)(=O)NCP(=O)(O)O)sc2c(F)c(OCCCl)c(OCCCl)c(F)c12. The maximum absolute atomic E-state index is 15.3. The number of thiophene rings is 1. The van der Waals surface area contributed by atoms with Gasteiger partial charge in [0.15, 0.2) is 11.6 Å². The van der Waals surface area contributed by atoms with Gasteiger partial charge in [-0.05, 0) is 12.0 Å². The highest BCUT2D eigenvalue weighted by atomic mass is 35.5. The molecule has 1 aromatic carbocycles. The van der Waals surface area contributed by atoms with Gasteiger partial charge >= 0.3 is 7.60 Å². The third kappa shape index (κ3) is 5.55. The van der Waals surface area contributed by atoms with Gasteiger partial charge in [0.2, 0.25) is 11.5 Å². The predicted octanol–water partition coefficient (Wildman–Crippen LogP) is 3.39. The Hall–Kier alpha value is -0.720. The van der Waals surface area contributed by atoms with E-state index in [9.17, 15) is 13.0 Å². The topological polar surface area (TPSA) is 122 Å². The largest absolute Gasteiger partial charge is 0.486 e. The van der Waals surface area contributed by atoms with Crippen molar-refractivity contribution in [3.05, 3.63) is 17.2 Å². The quantitative estimate of drug-likeness (QED) is 0.302. The highest BCUT2D eigenvalue weighted by Gasteiger charge is 2.32. The van der Waals surface area contributed by atoms with Gasteiger partial charge in [-0.25, -0.2) is 17.2 Å². The van der Waals surface area contributed by atoms with Crippen molar-refractivity contribution in [2.75, 3.05) is 31.3 Å². The Morgan fingerprint density at radius 3 is 2.10 bits per heavy atom. The van der Waals surface area contributed by atoms with Crippen LogP contribution in [-0.2, 0) is 21.0 Å². The van der Waals surface area contributed by atoms with Crippen molar-refractivity contribution in [2.45, 2.75) is 17.6 Å². The minimum atomic E-state index is -4.70. The molecule has 0 bridgehead atoms. The first-order valence-electron chi connectivity index (χ1n) is 8.36. The number of hydrogen-bond donors (Lipinski definition) is 3. The molecule has 0 atom stereocenters. The molecule has 3 N–H and O–H groups in total. The number of hydrogen-bond acceptors (Lipinski definition) is 6. The second-order valence-corrected chi connectivity index (χ2v) is 11.1. The van der Waals surface area contributed by atoms with E-state index >= 15 is 8.78 Å². The fourth-order valence-corrected chi connectivity index (χ4v) is 6.69. The van der Waals surface area contributed by atoms with Gasteiger partial charge in [-0.15, -0.1) is 34.5 Å². The smallest absolute Gasteiger partial charge is 0.340 e. The lowest BCUT2D eigenvalue weighted by Crippen LogP contribution is -2.24. The van der Waals surface area contributed by atoms with E-state index in [4.69, 9.17) is 42.5 Å². The molecule has 170 valence electrons. The minimum Gasteiger partial charge on any atom is -0.486 e. The molecule has 0 fully saturated rings. The van der Waals surface area contributed by atoms with E-state index in [0.717, 1.165) is 0 Å². The number of nitrogens with one attached hydrogen (secondary N) is 1. The van der Waals surface area contributed by atoms with Crippen LogP contribution in [0.1, 0.15) is 12.5 Å². The van der Waals surface area contributed by atoms with Crippen LogP contribution in [0.3, 0.4) is 0 Å². The number of fused-ring (bicyclic) bond motifs is 1. The summed E-state index contributed by atoms with van der Waals surface area (Å²) >= 11 is 11.5. The van der Waals surface area contributed by atoms with Crippen LogP contribution >= 0.6 is 42.1 Å². The lowest BCUT2D eigenvalue weighted by molar-refractivity contribution is 0.269. The molecule has 0 saturated carbocycles. The molecule has 0 amide bonds. The number of ether oxygens (including phenoxy) is 2. The molecule has 0 unspecified atom stereocenters. The van der Waals surface area contributed by atoms with Crippen LogP contribution in [-0.4, -0.2) is 49.5 Å². The van der Waals surface area contributed by atoms with Crippen molar-refractivity contribution in [1.82, 2.24) is 4.72 Å². The fourth-order valence-electron chi connectivity index (χ4n) is 2.56. The van der Waals surface area contributed by atoms with Gasteiger partial charge in [-0.1, -0.05) is 6.92 Å². The maximum Gasteiger partial charge on any atom is 0.340 e. The summed E-state index contributed by atoms with van der Waals surface area (Å²) in [7, 11) is -9.17. The van der Waals surface area contributed by atoms with Crippen LogP contribution in [0.15, 0.2) is 4.21 Å². The Balaban J connectivity index is 2.76. The van der Waals surface area contributed by atoms with Crippen LogP contribution in [0.4, 0.5) is 8.78 Å². The van der Waals surface area contributed by atoms with Gasteiger partial charge in [0, 0.05) is 5.39 Å². The van der Waals surface area contributed by atoms with Crippen LogP contribution in [0.2, 0.25) is 0 Å². The molecule has 0 aliphatic heterocycles. The summed E-state index contributed by atoms with van der Waals surface area (Å²) in [6.45, 7) is 1.20. The van der Waals surface area contributed by atoms with Crippen LogP contribution in [0.5, 0.6) is 11.5 Å². The molecular formula is C15H18Cl2F2NO7PS2. The number of rotatable bonds is 11. The van der Waals surface area contributed by atoms with Crippen LogP contribution < -0.4 is 14.2 Å². The number of benzene rings is 1. The van der Waals surface area contributed by atoms with Gasteiger partial charge in [0.1, 0.15) is 23.7 Å². The van der Waals surface area contributed by atoms with Gasteiger partial charge in [0.25, 0.3) is 10.0 Å². The molecule has 0 saturated heterocycles. The van der Waals surface area contributed by atoms with E-state index in [-0.39, 0.29) is 47.0 Å². The average Bonchev–Trinajstić information content (AvgIpc) is 3.08. The van der Waals surface area contributed by atoms with E-state index in [1.807, 2.05) is 0 Å². The summed E-state index contributed by atoms with van der Waals surface area (Å²) in [6, 6.07) is 0. The van der Waals surface area contributed by atoms with Crippen molar-refractivity contribution >= 4 is 62.2 Å². The Morgan fingerprint density at radius 1 is 1.10 bits per heavy atom. The summed E-state index contributed by atoms with van der Waals surface area (Å²) in [5, 5.41) is -0.320. The number of aryl methyl sites for hydroxylation is 1. The summed E-state index contributed by atoms with van der Waals surface area (Å²) < 4.78 is 78.0. The standard InChI is InChI=1S/C15H18Cl2F2NO7PS2/c1-2-8-9-10(18)12(26-5-3-16)13(27-6-4-17)11(19)14(9)29-15(8)30(24,25)20-7-28(21,22)23/h20H,2-7H2,1H3,(H2,21,22,23). The monoisotopic (exact) mass is 527 g/mol. The summed E-state index contributed by atoms with van der Waals surface area (Å²) in [4.78, 5) is 17.9. The predicted molar refractivity (Wildman–Crippen MR) is 111 cm³/mol. The van der Waals surface area contributed by atoms with Crippen LogP contribution in [0, 0.1) is 11.6 Å². The van der Waals surface area contributed by atoms with Crippen molar-refractivity contribution in [3.63, 3.8) is 0 Å². The molecule has 0 radical (unpaired) electrons. The van der Waals surface area contributed by atoms with Crippen molar-refractivity contribution in [1.29, 1.82) is 0 Å². The zero-order chi connectivity index (χ0) is 22.7. The van der Waals surface area contributed by atoms with Crippen molar-refractivity contribution in [3.8, 4) is 11.5 Å². The van der Waals surface area contributed by atoms with Crippen molar-refractivity contribution < 1.29 is 41.0 Å². The van der Waals surface area contributed by atoms with Crippen molar-refractivity contribution in [2.24, 2.45) is 0 Å². The molecule has 8 nitrogen and oxygen atoms in total. The van der Waals surface area contributed by atoms with E-state index in [1.54, 1.807) is 4.72 Å². The molecule has 30 heavy (non-hydrogen) atoms. The normalized spacial score (nSPS) is 12.5. The lowest BCUT2D eigenvalue weighted by atomic mass is 10.1. The number of sulfonamides is 1. The zero-order valence-electron chi connectivity index (χ0n) is 15.5. The van der Waals surface area contributed by atoms with E-state index < -0.39 is 51.2 Å².